The van der Waals surface area contributed by atoms with Crippen LogP contribution in [0.4, 0.5) is 0 Å². The molecule has 34 heavy (non-hydrogen) atoms. The Kier molecular flexibility index (Phi) is 6.26. The summed E-state index contributed by atoms with van der Waals surface area (Å²) in [6, 6.07) is 10.7. The third-order valence-corrected chi connectivity index (χ3v) is 8.74. The molecular weight excluding hydrogens is 420 g/mol. The van der Waals surface area contributed by atoms with E-state index in [1.807, 2.05) is 26.4 Å². The van der Waals surface area contributed by atoms with Crippen molar-refractivity contribution >= 4 is 16.5 Å². The number of aliphatic hydroxyl groups is 2. The van der Waals surface area contributed by atoms with Crippen molar-refractivity contribution in [2.24, 2.45) is 17.3 Å². The van der Waals surface area contributed by atoms with Crippen LogP contribution >= 0.6 is 0 Å². The van der Waals surface area contributed by atoms with Crippen LogP contribution < -0.4 is 5.32 Å². The van der Waals surface area contributed by atoms with Crippen molar-refractivity contribution in [3.8, 4) is 0 Å². The molecule has 0 saturated heterocycles. The highest BCUT2D eigenvalue weighted by Gasteiger charge is 2.55. The largest absolute Gasteiger partial charge is 0.393 e. The number of rotatable bonds is 1. The fourth-order valence-corrected chi connectivity index (χ4v) is 7.00. The minimum Gasteiger partial charge on any atom is -0.393 e. The van der Waals surface area contributed by atoms with Crippen LogP contribution in [0.3, 0.4) is 0 Å². The fraction of sp³-hybridized carbons (Fsp3) is 0.500. The molecule has 1 fully saturated rings. The maximum Gasteiger partial charge on any atom is 0.0933 e. The van der Waals surface area contributed by atoms with Crippen molar-refractivity contribution in [3.05, 3.63) is 71.5 Å². The van der Waals surface area contributed by atoms with Gasteiger partial charge in [-0.15, -0.1) is 0 Å². The topological polar surface area (TPSA) is 65.4 Å². The van der Waals surface area contributed by atoms with Crippen molar-refractivity contribution in [1.29, 1.82) is 0 Å². The number of pyridine rings is 1. The minimum absolute atomic E-state index is 0.0678. The third kappa shape index (κ3) is 3.86. The Morgan fingerprint density at radius 1 is 1.09 bits per heavy atom. The molecule has 2 aromatic rings. The molecular formula is C30H38N2O2. The molecule has 1 aromatic heterocycles. The maximum absolute atomic E-state index is 12.1. The highest BCUT2D eigenvalue weighted by Crippen LogP contribution is 2.61. The van der Waals surface area contributed by atoms with Gasteiger partial charge in [0.15, 0.2) is 0 Å². The van der Waals surface area contributed by atoms with Crippen LogP contribution in [0.15, 0.2) is 65.9 Å². The van der Waals surface area contributed by atoms with Crippen molar-refractivity contribution in [1.82, 2.24) is 10.3 Å². The van der Waals surface area contributed by atoms with Gasteiger partial charge in [-0.3, -0.25) is 4.98 Å². The maximum atomic E-state index is 12.1. The van der Waals surface area contributed by atoms with Crippen LogP contribution in [-0.4, -0.2) is 41.0 Å². The molecule has 3 N–H and O–H groups in total. The van der Waals surface area contributed by atoms with Crippen LogP contribution in [0.25, 0.3) is 16.5 Å². The highest BCUT2D eigenvalue weighted by atomic mass is 16.3. The lowest BCUT2D eigenvalue weighted by atomic mass is 9.58. The molecule has 1 saturated carbocycles. The molecule has 4 nitrogen and oxygen atoms in total. The number of nitrogens with zero attached hydrogens (tertiary/aromatic N) is 1. The molecule has 4 heteroatoms. The first-order valence-electron chi connectivity index (χ1n) is 12.8. The van der Waals surface area contributed by atoms with Crippen LogP contribution in [-0.2, 0) is 0 Å². The summed E-state index contributed by atoms with van der Waals surface area (Å²) in [5.41, 5.74) is 5.28. The summed E-state index contributed by atoms with van der Waals surface area (Å²) < 4.78 is 0. The summed E-state index contributed by atoms with van der Waals surface area (Å²) >= 11 is 0. The standard InChI is InChI=1S/C28H31NO2.C2H7N/c1-27-12-11-22-16-21-17-23(30)6-4-18(21)10-13-28(22,31)26(27)9-7-24(27)19-5-8-25-20(15-19)3-2-14-29-25;1-3-2/h2-3,5,7-8,11,14-16,18,23,26,30-31H,4,6,9-10,12-13,17H2,1H3;3H,1-2H3/t18?,23?,26?,27?,28-;/m1./s1. The molecule has 1 heterocycles. The van der Waals surface area contributed by atoms with Crippen LogP contribution in [0.5, 0.6) is 0 Å². The number of hydrogen-bond acceptors (Lipinski definition) is 4. The molecule has 0 bridgehead atoms. The molecule has 5 atom stereocenters. The number of benzene rings is 1. The average molecular weight is 459 g/mol. The number of allylic oxidation sites excluding steroid dienone is 3. The molecule has 1 aromatic carbocycles. The minimum atomic E-state index is -0.779. The molecule has 4 aliphatic carbocycles. The molecule has 4 unspecified atom stereocenters. The molecule has 180 valence electrons. The van der Waals surface area contributed by atoms with Gasteiger partial charge in [0.2, 0.25) is 0 Å². The quantitative estimate of drug-likeness (QED) is 0.534. The van der Waals surface area contributed by atoms with Crippen LogP contribution in [0, 0.1) is 17.3 Å². The van der Waals surface area contributed by atoms with Crippen molar-refractivity contribution < 1.29 is 10.2 Å². The van der Waals surface area contributed by atoms with E-state index in [1.54, 1.807) is 0 Å². The summed E-state index contributed by atoms with van der Waals surface area (Å²) in [6.45, 7) is 2.35. The number of aliphatic hydroxyl groups excluding tert-OH is 1. The molecule has 0 spiro atoms. The molecule has 0 amide bonds. The normalized spacial score (nSPS) is 34.4. The van der Waals surface area contributed by atoms with Gasteiger partial charge < -0.3 is 15.5 Å². The third-order valence-electron chi connectivity index (χ3n) is 8.74. The van der Waals surface area contributed by atoms with Crippen molar-refractivity contribution in [3.63, 3.8) is 0 Å². The van der Waals surface area contributed by atoms with Gasteiger partial charge in [0.05, 0.1) is 17.2 Å². The fourth-order valence-electron chi connectivity index (χ4n) is 7.00. The lowest BCUT2D eigenvalue weighted by Gasteiger charge is -2.48. The second-order valence-electron chi connectivity index (χ2n) is 10.9. The Bertz CT molecular complexity index is 1170. The van der Waals surface area contributed by atoms with Crippen molar-refractivity contribution in [2.75, 3.05) is 14.1 Å². The van der Waals surface area contributed by atoms with Gasteiger partial charge in [0.25, 0.3) is 0 Å². The monoisotopic (exact) mass is 458 g/mol. The zero-order valence-electron chi connectivity index (χ0n) is 20.7. The number of hydrogen-bond donors (Lipinski definition) is 3. The summed E-state index contributed by atoms with van der Waals surface area (Å²) in [4.78, 5) is 4.47. The van der Waals surface area contributed by atoms with E-state index in [9.17, 15) is 10.2 Å². The van der Waals surface area contributed by atoms with E-state index in [-0.39, 0.29) is 17.4 Å². The number of fused-ring (bicyclic) bond motifs is 5. The SMILES string of the molecule is CC12CC=C3C=C4CC(O)CCC4CC[C@]3(O)C1CC=C2c1ccc2ncccc2c1.CNC. The molecule has 0 aliphatic heterocycles. The van der Waals surface area contributed by atoms with E-state index in [0.717, 1.165) is 56.0 Å². The Balaban J connectivity index is 0.000000764. The first-order chi connectivity index (χ1) is 16.4. The average Bonchev–Trinajstić information content (AvgIpc) is 3.11. The van der Waals surface area contributed by atoms with Gasteiger partial charge in [-0.2, -0.15) is 0 Å². The number of nitrogens with one attached hydrogen (secondary N) is 1. The predicted octanol–water partition coefficient (Wildman–Crippen LogP) is 5.42. The van der Waals surface area contributed by atoms with Gasteiger partial charge in [-0.1, -0.05) is 42.9 Å². The van der Waals surface area contributed by atoms with E-state index >= 15 is 0 Å². The van der Waals surface area contributed by atoms with Gasteiger partial charge in [0.1, 0.15) is 0 Å². The molecule has 6 rings (SSSR count). The zero-order valence-corrected chi connectivity index (χ0v) is 20.7. The second kappa shape index (κ2) is 9.07. The van der Waals surface area contributed by atoms with Crippen LogP contribution in [0.1, 0.15) is 57.4 Å². The van der Waals surface area contributed by atoms with E-state index < -0.39 is 5.60 Å². The summed E-state index contributed by atoms with van der Waals surface area (Å²) in [6.07, 6.45) is 15.0. The number of aromatic nitrogens is 1. The Labute approximate surface area is 203 Å². The highest BCUT2D eigenvalue weighted by molar-refractivity contribution is 5.85. The zero-order chi connectivity index (χ0) is 23.9. The van der Waals surface area contributed by atoms with Gasteiger partial charge in [-0.25, -0.2) is 0 Å². The Hall–Kier alpha value is -2.27. The van der Waals surface area contributed by atoms with Gasteiger partial charge in [-0.05, 0) is 99.9 Å². The lowest BCUT2D eigenvalue weighted by Crippen LogP contribution is -2.48. The summed E-state index contributed by atoms with van der Waals surface area (Å²) in [5.74, 6) is 0.716. The first kappa shape index (κ1) is 23.5. The van der Waals surface area contributed by atoms with Gasteiger partial charge in [0, 0.05) is 22.9 Å². The van der Waals surface area contributed by atoms with Crippen LogP contribution in [0.2, 0.25) is 0 Å². The van der Waals surface area contributed by atoms with Crippen molar-refractivity contribution in [2.45, 2.75) is 63.6 Å². The van der Waals surface area contributed by atoms with E-state index in [4.69, 9.17) is 0 Å². The smallest absolute Gasteiger partial charge is 0.0933 e. The first-order valence-corrected chi connectivity index (χ1v) is 12.8. The van der Waals surface area contributed by atoms with E-state index in [2.05, 4.69) is 59.7 Å². The summed E-state index contributed by atoms with van der Waals surface area (Å²) in [7, 11) is 3.75. The van der Waals surface area contributed by atoms with E-state index in [0.29, 0.717) is 5.92 Å². The Morgan fingerprint density at radius 2 is 1.91 bits per heavy atom. The summed E-state index contributed by atoms with van der Waals surface area (Å²) in [5, 5.41) is 26.2. The Morgan fingerprint density at radius 3 is 2.74 bits per heavy atom. The van der Waals surface area contributed by atoms with Gasteiger partial charge >= 0.3 is 0 Å². The lowest BCUT2D eigenvalue weighted by molar-refractivity contribution is -0.0330. The second-order valence-corrected chi connectivity index (χ2v) is 10.9. The molecule has 4 aliphatic rings. The van der Waals surface area contributed by atoms with E-state index in [1.165, 1.54) is 22.1 Å². The predicted molar refractivity (Wildman–Crippen MR) is 139 cm³/mol. The molecule has 0 radical (unpaired) electrons.